The molecule has 0 atom stereocenters. The van der Waals surface area contributed by atoms with Crippen molar-refractivity contribution < 1.29 is 0 Å². The van der Waals surface area contributed by atoms with E-state index in [1.165, 1.54) is 41.4 Å². The fourth-order valence-corrected chi connectivity index (χ4v) is 2.47. The van der Waals surface area contributed by atoms with Crippen molar-refractivity contribution in [3.8, 4) is 0 Å². The van der Waals surface area contributed by atoms with E-state index in [-0.39, 0.29) is 0 Å². The molecular weight excluding hydrogens is 208 g/mol. The maximum atomic E-state index is 2.32. The van der Waals surface area contributed by atoms with Crippen LogP contribution in [0.4, 0.5) is 0 Å². The molecule has 0 aromatic carbocycles. The average molecular weight is 226 g/mol. The van der Waals surface area contributed by atoms with Crippen molar-refractivity contribution in [2.75, 3.05) is 0 Å². The summed E-state index contributed by atoms with van der Waals surface area (Å²) < 4.78 is 4.44. The van der Waals surface area contributed by atoms with Crippen molar-refractivity contribution in [2.24, 2.45) is 0 Å². The van der Waals surface area contributed by atoms with Gasteiger partial charge in [0, 0.05) is 24.8 Å². The third-order valence-corrected chi connectivity index (χ3v) is 3.36. The molecule has 0 aliphatic carbocycles. The van der Waals surface area contributed by atoms with Crippen molar-refractivity contribution in [2.45, 2.75) is 33.1 Å². The van der Waals surface area contributed by atoms with E-state index in [1.54, 1.807) is 0 Å². The van der Waals surface area contributed by atoms with Gasteiger partial charge >= 0.3 is 0 Å². The number of aromatic nitrogens is 2. The number of unbranched alkanes of at least 4 members (excludes halogenated alkanes) is 1. The second-order valence-corrected chi connectivity index (χ2v) is 4.85. The molecule has 0 fully saturated rings. The molecule has 3 aromatic heterocycles. The number of nitrogens with zero attached hydrogens (tertiary/aromatic N) is 2. The summed E-state index contributed by atoms with van der Waals surface area (Å²) in [6.07, 6.45) is 12.4. The molecular formula is C15H18N2. The second-order valence-electron chi connectivity index (χ2n) is 4.85. The molecule has 17 heavy (non-hydrogen) atoms. The molecule has 2 nitrogen and oxygen atoms in total. The smallest absolute Gasteiger partial charge is 0.0695 e. The highest BCUT2D eigenvalue weighted by Crippen LogP contribution is 2.19. The Morgan fingerprint density at radius 3 is 2.47 bits per heavy atom. The second kappa shape index (κ2) is 3.95. The van der Waals surface area contributed by atoms with E-state index in [2.05, 4.69) is 59.6 Å². The molecule has 0 bridgehead atoms. The Bertz CT molecular complexity index is 658. The Balaban J connectivity index is 2.16. The van der Waals surface area contributed by atoms with Crippen molar-refractivity contribution >= 4 is 11.0 Å². The standard InChI is InChI=1S/C15H18N2/c1-3-4-5-13-9-15-14-8-12(2)10-16(14)6-7-17(15)11-13/h6-11H,3-5H2,1-2H3. The van der Waals surface area contributed by atoms with Gasteiger partial charge in [-0.1, -0.05) is 13.3 Å². The first-order valence-electron chi connectivity index (χ1n) is 6.36. The normalized spacial score (nSPS) is 11.6. The molecule has 3 heterocycles. The molecule has 3 aromatic rings. The Morgan fingerprint density at radius 2 is 1.71 bits per heavy atom. The highest BCUT2D eigenvalue weighted by molar-refractivity contribution is 5.77. The van der Waals surface area contributed by atoms with Gasteiger partial charge < -0.3 is 8.80 Å². The Kier molecular flexibility index (Phi) is 2.43. The van der Waals surface area contributed by atoms with Crippen LogP contribution in [0.2, 0.25) is 0 Å². The zero-order valence-corrected chi connectivity index (χ0v) is 10.5. The average Bonchev–Trinajstić information content (AvgIpc) is 2.87. The van der Waals surface area contributed by atoms with Crippen LogP contribution >= 0.6 is 0 Å². The monoisotopic (exact) mass is 226 g/mol. The first-order chi connectivity index (χ1) is 8.28. The lowest BCUT2D eigenvalue weighted by Crippen LogP contribution is -1.87. The third-order valence-electron chi connectivity index (χ3n) is 3.36. The minimum Gasteiger partial charge on any atom is -0.320 e. The molecule has 3 rings (SSSR count). The van der Waals surface area contributed by atoms with Gasteiger partial charge in [0.05, 0.1) is 11.0 Å². The van der Waals surface area contributed by atoms with Gasteiger partial charge in [-0.2, -0.15) is 0 Å². The molecule has 0 N–H and O–H groups in total. The van der Waals surface area contributed by atoms with Gasteiger partial charge in [-0.15, -0.1) is 0 Å². The van der Waals surface area contributed by atoms with Crippen molar-refractivity contribution in [1.29, 1.82) is 0 Å². The highest BCUT2D eigenvalue weighted by atomic mass is 15.0. The van der Waals surface area contributed by atoms with E-state index in [0.717, 1.165) is 0 Å². The first kappa shape index (κ1) is 10.5. The molecule has 88 valence electrons. The molecule has 0 saturated heterocycles. The van der Waals surface area contributed by atoms with Crippen LogP contribution in [-0.2, 0) is 6.42 Å². The molecule has 0 radical (unpaired) electrons. The van der Waals surface area contributed by atoms with E-state index in [0.29, 0.717) is 0 Å². The van der Waals surface area contributed by atoms with Gasteiger partial charge in [-0.05, 0) is 43.0 Å². The van der Waals surface area contributed by atoms with Gasteiger partial charge in [0.2, 0.25) is 0 Å². The van der Waals surface area contributed by atoms with E-state index in [4.69, 9.17) is 0 Å². The number of hydrogen-bond donors (Lipinski definition) is 0. The molecule has 0 amide bonds. The number of fused-ring (bicyclic) bond motifs is 3. The topological polar surface area (TPSA) is 8.82 Å². The third kappa shape index (κ3) is 1.74. The summed E-state index contributed by atoms with van der Waals surface area (Å²) in [6, 6.07) is 4.57. The van der Waals surface area contributed by atoms with E-state index < -0.39 is 0 Å². The molecule has 0 saturated carbocycles. The maximum Gasteiger partial charge on any atom is 0.0695 e. The van der Waals surface area contributed by atoms with Gasteiger partial charge in [0.1, 0.15) is 0 Å². The maximum absolute atomic E-state index is 2.32. The van der Waals surface area contributed by atoms with Gasteiger partial charge in [0.15, 0.2) is 0 Å². The summed E-state index contributed by atoms with van der Waals surface area (Å²) in [4.78, 5) is 0. The minimum atomic E-state index is 1.18. The van der Waals surface area contributed by atoms with Crippen LogP contribution in [0.25, 0.3) is 11.0 Å². The lowest BCUT2D eigenvalue weighted by Gasteiger charge is -1.97. The van der Waals surface area contributed by atoms with E-state index >= 15 is 0 Å². The lowest BCUT2D eigenvalue weighted by atomic mass is 10.1. The summed E-state index contributed by atoms with van der Waals surface area (Å²) in [5.41, 5.74) is 5.37. The summed E-state index contributed by atoms with van der Waals surface area (Å²) in [5.74, 6) is 0. The van der Waals surface area contributed by atoms with Crippen LogP contribution in [0, 0.1) is 6.92 Å². The highest BCUT2D eigenvalue weighted by Gasteiger charge is 2.04. The SMILES string of the molecule is CCCCc1cc2c3cc(C)cn3ccn2c1. The zero-order chi connectivity index (χ0) is 11.8. The molecule has 2 heteroatoms. The van der Waals surface area contributed by atoms with Crippen LogP contribution in [0.15, 0.2) is 36.9 Å². The fourth-order valence-electron chi connectivity index (χ4n) is 2.47. The number of hydrogen-bond acceptors (Lipinski definition) is 0. The van der Waals surface area contributed by atoms with Gasteiger partial charge in [-0.3, -0.25) is 0 Å². The van der Waals surface area contributed by atoms with Crippen molar-refractivity contribution in [3.63, 3.8) is 0 Å². The van der Waals surface area contributed by atoms with Gasteiger partial charge in [-0.25, -0.2) is 0 Å². The van der Waals surface area contributed by atoms with Gasteiger partial charge in [0.25, 0.3) is 0 Å². The van der Waals surface area contributed by atoms with Crippen LogP contribution in [0.3, 0.4) is 0 Å². The van der Waals surface area contributed by atoms with Crippen LogP contribution in [-0.4, -0.2) is 8.80 Å². The van der Waals surface area contributed by atoms with E-state index in [1.807, 2.05) is 0 Å². The lowest BCUT2D eigenvalue weighted by molar-refractivity contribution is 0.795. The van der Waals surface area contributed by atoms with Crippen LogP contribution in [0.1, 0.15) is 30.9 Å². The number of rotatable bonds is 3. The summed E-state index contributed by atoms with van der Waals surface area (Å²) in [6.45, 7) is 4.38. The predicted molar refractivity (Wildman–Crippen MR) is 71.7 cm³/mol. The zero-order valence-electron chi connectivity index (χ0n) is 10.5. The molecule has 0 unspecified atom stereocenters. The van der Waals surface area contributed by atoms with Crippen LogP contribution in [0.5, 0.6) is 0 Å². The summed E-state index contributed by atoms with van der Waals surface area (Å²) >= 11 is 0. The Hall–Kier alpha value is -1.70. The number of aryl methyl sites for hydroxylation is 2. The molecule has 0 aliphatic heterocycles. The predicted octanol–water partition coefficient (Wildman–Crippen LogP) is 3.84. The van der Waals surface area contributed by atoms with Crippen molar-refractivity contribution in [1.82, 2.24) is 8.80 Å². The summed E-state index contributed by atoms with van der Waals surface area (Å²) in [7, 11) is 0. The van der Waals surface area contributed by atoms with E-state index in [9.17, 15) is 0 Å². The Morgan fingerprint density at radius 1 is 1.00 bits per heavy atom. The molecule has 0 spiro atoms. The Labute approximate surface area is 101 Å². The first-order valence-corrected chi connectivity index (χ1v) is 6.36. The largest absolute Gasteiger partial charge is 0.320 e. The minimum absolute atomic E-state index is 1.18. The summed E-state index contributed by atoms with van der Waals surface area (Å²) in [5, 5.41) is 0. The van der Waals surface area contributed by atoms with Crippen LogP contribution < -0.4 is 0 Å². The quantitative estimate of drug-likeness (QED) is 0.641. The van der Waals surface area contributed by atoms with Crippen molar-refractivity contribution in [3.05, 3.63) is 48.0 Å². The molecule has 0 aliphatic rings. The fraction of sp³-hybridized carbons (Fsp3) is 0.333.